The van der Waals surface area contributed by atoms with Crippen molar-refractivity contribution in [1.82, 2.24) is 4.90 Å². The van der Waals surface area contributed by atoms with Crippen LogP contribution in [0.25, 0.3) is 6.08 Å². The SMILES string of the molecule is C=Cc1ccccc1CCl.CCCCCCCCCCCCCCCCCCN(C)C. The summed E-state index contributed by atoms with van der Waals surface area (Å²) in [6.07, 6.45) is 25.1. The second-order valence-corrected chi connectivity index (χ2v) is 9.41. The van der Waals surface area contributed by atoms with E-state index in [0.29, 0.717) is 5.88 Å². The molecule has 1 rings (SSSR count). The van der Waals surface area contributed by atoms with Gasteiger partial charge in [0.05, 0.1) is 0 Å². The van der Waals surface area contributed by atoms with Crippen molar-refractivity contribution in [3.8, 4) is 0 Å². The molecule has 0 bridgehead atoms. The predicted molar refractivity (Wildman–Crippen MR) is 144 cm³/mol. The molecule has 0 fully saturated rings. The molecule has 0 aromatic heterocycles. The summed E-state index contributed by atoms with van der Waals surface area (Å²) in [5, 5.41) is 0. The van der Waals surface area contributed by atoms with Crippen LogP contribution in [0.15, 0.2) is 30.8 Å². The summed E-state index contributed by atoms with van der Waals surface area (Å²) in [5.74, 6) is 0.558. The maximum Gasteiger partial charge on any atom is 0.0479 e. The first-order chi connectivity index (χ1) is 15.2. The van der Waals surface area contributed by atoms with Gasteiger partial charge in [-0.1, -0.05) is 140 Å². The van der Waals surface area contributed by atoms with Crippen LogP contribution in [0.3, 0.4) is 0 Å². The van der Waals surface area contributed by atoms with Gasteiger partial charge in [0.2, 0.25) is 0 Å². The summed E-state index contributed by atoms with van der Waals surface area (Å²) in [7, 11) is 4.34. The predicted octanol–water partition coefficient (Wildman–Crippen LogP) is 9.88. The number of unbranched alkanes of at least 4 members (excludes halogenated alkanes) is 15. The van der Waals surface area contributed by atoms with E-state index in [1.165, 1.54) is 109 Å². The first kappa shape index (κ1) is 30.2. The quantitative estimate of drug-likeness (QED) is 0.150. The van der Waals surface area contributed by atoms with Crippen LogP contribution < -0.4 is 0 Å². The minimum atomic E-state index is 0.558. The summed E-state index contributed by atoms with van der Waals surface area (Å²) in [4.78, 5) is 2.30. The molecule has 1 aromatic rings. The van der Waals surface area contributed by atoms with Crippen molar-refractivity contribution in [2.24, 2.45) is 0 Å². The average molecular weight is 450 g/mol. The number of nitrogens with zero attached hydrogens (tertiary/aromatic N) is 1. The van der Waals surface area contributed by atoms with Crippen molar-refractivity contribution in [2.75, 3.05) is 20.6 Å². The molecule has 0 saturated carbocycles. The van der Waals surface area contributed by atoms with Crippen LogP contribution in [0.5, 0.6) is 0 Å². The van der Waals surface area contributed by atoms with Crippen molar-refractivity contribution < 1.29 is 0 Å². The lowest BCUT2D eigenvalue weighted by molar-refractivity contribution is 0.389. The molecule has 0 saturated heterocycles. The number of hydrogen-bond donors (Lipinski definition) is 0. The molecule has 2 heteroatoms. The third-order valence-electron chi connectivity index (χ3n) is 5.88. The summed E-state index contributed by atoms with van der Waals surface area (Å²) in [5.41, 5.74) is 2.26. The Hall–Kier alpha value is -0.790. The van der Waals surface area contributed by atoms with Gasteiger partial charge in [0.1, 0.15) is 0 Å². The number of hydrogen-bond acceptors (Lipinski definition) is 1. The van der Waals surface area contributed by atoms with E-state index in [1.807, 2.05) is 30.3 Å². The topological polar surface area (TPSA) is 3.24 Å². The largest absolute Gasteiger partial charge is 0.309 e. The Labute approximate surface area is 200 Å². The van der Waals surface area contributed by atoms with Crippen molar-refractivity contribution >= 4 is 17.7 Å². The van der Waals surface area contributed by atoms with E-state index in [1.54, 1.807) is 0 Å². The van der Waals surface area contributed by atoms with Crippen molar-refractivity contribution in [2.45, 2.75) is 116 Å². The fourth-order valence-corrected chi connectivity index (χ4v) is 4.07. The lowest BCUT2D eigenvalue weighted by Gasteiger charge is -2.08. The molecule has 0 aliphatic carbocycles. The van der Waals surface area contributed by atoms with E-state index in [4.69, 9.17) is 11.6 Å². The fraction of sp³-hybridized carbons (Fsp3) is 0.724. The van der Waals surface area contributed by atoms with Gasteiger partial charge in [0.15, 0.2) is 0 Å². The number of rotatable bonds is 19. The zero-order chi connectivity index (χ0) is 23.0. The van der Waals surface area contributed by atoms with Gasteiger partial charge < -0.3 is 4.90 Å². The van der Waals surface area contributed by atoms with Crippen molar-refractivity contribution in [1.29, 1.82) is 0 Å². The van der Waals surface area contributed by atoms with Crippen LogP contribution in [0.1, 0.15) is 121 Å². The van der Waals surface area contributed by atoms with Crippen LogP contribution in [0.2, 0.25) is 0 Å². The standard InChI is InChI=1S/C20H43N.C9H9Cl/c1-4-5-6-7-8-9-10-11-12-13-14-15-16-17-18-19-20-21(2)3;1-2-8-5-3-4-6-9(8)7-10/h4-20H2,1-3H3;2-6H,1,7H2. The normalized spacial score (nSPS) is 10.7. The second-order valence-electron chi connectivity index (χ2n) is 9.14. The summed E-state index contributed by atoms with van der Waals surface area (Å²) in [6.45, 7) is 7.24. The molecule has 0 heterocycles. The molecule has 180 valence electrons. The van der Waals surface area contributed by atoms with E-state index >= 15 is 0 Å². The fourth-order valence-electron chi connectivity index (χ4n) is 3.83. The highest BCUT2D eigenvalue weighted by molar-refractivity contribution is 6.17. The van der Waals surface area contributed by atoms with Crippen molar-refractivity contribution in [3.63, 3.8) is 0 Å². The molecular weight excluding hydrogens is 398 g/mol. The highest BCUT2D eigenvalue weighted by Gasteiger charge is 1.95. The Kier molecular flexibility index (Phi) is 23.3. The highest BCUT2D eigenvalue weighted by atomic mass is 35.5. The van der Waals surface area contributed by atoms with Crippen LogP contribution in [-0.4, -0.2) is 25.5 Å². The maximum atomic E-state index is 5.66. The zero-order valence-electron chi connectivity index (χ0n) is 21.1. The van der Waals surface area contributed by atoms with Gasteiger partial charge in [0, 0.05) is 5.88 Å². The molecule has 0 radical (unpaired) electrons. The second kappa shape index (κ2) is 23.9. The van der Waals surface area contributed by atoms with E-state index in [9.17, 15) is 0 Å². The average Bonchev–Trinajstić information content (AvgIpc) is 2.79. The number of halogens is 1. The molecule has 0 N–H and O–H groups in total. The maximum absolute atomic E-state index is 5.66. The Morgan fingerprint density at radius 1 is 0.710 bits per heavy atom. The number of alkyl halides is 1. The molecule has 0 unspecified atom stereocenters. The molecule has 0 aliphatic heterocycles. The summed E-state index contributed by atoms with van der Waals surface area (Å²) < 4.78 is 0. The van der Waals surface area contributed by atoms with Gasteiger partial charge in [-0.25, -0.2) is 0 Å². The van der Waals surface area contributed by atoms with Gasteiger partial charge in [-0.05, 0) is 38.2 Å². The lowest BCUT2D eigenvalue weighted by Crippen LogP contribution is -2.12. The summed E-state index contributed by atoms with van der Waals surface area (Å²) >= 11 is 5.66. The van der Waals surface area contributed by atoms with Crippen LogP contribution in [0, 0.1) is 0 Å². The summed E-state index contributed by atoms with van der Waals surface area (Å²) in [6, 6.07) is 7.96. The van der Waals surface area contributed by atoms with Gasteiger partial charge >= 0.3 is 0 Å². The van der Waals surface area contributed by atoms with E-state index in [2.05, 4.69) is 32.5 Å². The zero-order valence-corrected chi connectivity index (χ0v) is 21.9. The van der Waals surface area contributed by atoms with E-state index in [0.717, 1.165) is 11.1 Å². The Morgan fingerprint density at radius 2 is 1.13 bits per heavy atom. The molecule has 0 aliphatic rings. The van der Waals surface area contributed by atoms with Crippen molar-refractivity contribution in [3.05, 3.63) is 42.0 Å². The molecule has 0 amide bonds. The Morgan fingerprint density at radius 3 is 1.48 bits per heavy atom. The third-order valence-corrected chi connectivity index (χ3v) is 6.17. The smallest absolute Gasteiger partial charge is 0.0479 e. The minimum absolute atomic E-state index is 0.558. The van der Waals surface area contributed by atoms with Gasteiger partial charge in [-0.15, -0.1) is 11.6 Å². The minimum Gasteiger partial charge on any atom is -0.309 e. The molecule has 1 nitrogen and oxygen atoms in total. The molecule has 0 spiro atoms. The van der Waals surface area contributed by atoms with Crippen LogP contribution in [-0.2, 0) is 5.88 Å². The number of benzene rings is 1. The molecule has 1 aromatic carbocycles. The lowest BCUT2D eigenvalue weighted by atomic mass is 10.0. The van der Waals surface area contributed by atoms with Crippen LogP contribution in [0.4, 0.5) is 0 Å². The van der Waals surface area contributed by atoms with Gasteiger partial charge in [-0.3, -0.25) is 0 Å². The van der Waals surface area contributed by atoms with Gasteiger partial charge in [-0.2, -0.15) is 0 Å². The van der Waals surface area contributed by atoms with Gasteiger partial charge in [0.25, 0.3) is 0 Å². The molecule has 31 heavy (non-hydrogen) atoms. The third kappa shape index (κ3) is 20.8. The first-order valence-corrected chi connectivity index (χ1v) is 13.6. The molecule has 0 atom stereocenters. The van der Waals surface area contributed by atoms with E-state index < -0.39 is 0 Å². The highest BCUT2D eigenvalue weighted by Crippen LogP contribution is 2.14. The van der Waals surface area contributed by atoms with Crippen LogP contribution >= 0.6 is 11.6 Å². The molecular formula is C29H52ClN. The Balaban J connectivity index is 0.000000743. The Bertz CT molecular complexity index is 497. The van der Waals surface area contributed by atoms with E-state index in [-0.39, 0.29) is 0 Å². The monoisotopic (exact) mass is 449 g/mol. The first-order valence-electron chi connectivity index (χ1n) is 13.1.